The van der Waals surface area contributed by atoms with Crippen molar-refractivity contribution in [1.82, 2.24) is 0 Å². The van der Waals surface area contributed by atoms with Crippen molar-refractivity contribution in [3.8, 4) is 12.1 Å². The van der Waals surface area contributed by atoms with Crippen LogP contribution in [0.15, 0.2) is 48.5 Å². The summed E-state index contributed by atoms with van der Waals surface area (Å²) in [6.07, 6.45) is 0.607. The molecule has 0 aliphatic heterocycles. The molecular weight excluding hydrogens is 447 g/mol. The second-order valence-electron chi connectivity index (χ2n) is 8.38. The number of benzene rings is 2. The van der Waals surface area contributed by atoms with Gasteiger partial charge in [0.25, 0.3) is 0 Å². The number of nitrogens with zero attached hydrogens (tertiary/aromatic N) is 2. The first-order valence-electron chi connectivity index (χ1n) is 11.7. The predicted molar refractivity (Wildman–Crippen MR) is 134 cm³/mol. The standard InChI is InChI=1S/C26H35N4O3P/c1-5-23(25(29,7-3)21-15-11-9-13-19(21)17-27)32-34(31)33-24(6-2)26(30,8-4)22-16-12-10-14-20(22)18-28/h9-16,23-24,34H,5-8,29-30H2,1-4H3. The molecule has 0 saturated heterocycles. The molecule has 182 valence electrons. The van der Waals surface area contributed by atoms with Gasteiger partial charge in [0.1, 0.15) is 0 Å². The molecule has 2 rings (SSSR count). The molecular formula is C26H35N4O3P. The van der Waals surface area contributed by atoms with Crippen LogP contribution in [0.25, 0.3) is 0 Å². The Kier molecular flexibility index (Phi) is 10.0. The van der Waals surface area contributed by atoms with Gasteiger partial charge in [0.2, 0.25) is 0 Å². The van der Waals surface area contributed by atoms with Gasteiger partial charge in [-0.3, -0.25) is 4.57 Å². The molecule has 0 heterocycles. The minimum atomic E-state index is -3.02. The number of nitrogens with two attached hydrogens (primary N) is 2. The maximum Gasteiger partial charge on any atom is 0.319 e. The lowest BCUT2D eigenvalue weighted by molar-refractivity contribution is 0.0465. The molecule has 4 N–H and O–H groups in total. The van der Waals surface area contributed by atoms with E-state index in [0.29, 0.717) is 47.9 Å². The fourth-order valence-electron chi connectivity index (χ4n) is 4.52. The predicted octanol–water partition coefficient (Wildman–Crippen LogP) is 5.24. The SMILES string of the molecule is CCC(O[PH](=O)OC(CC)C(N)(CC)c1ccccc1C#N)C(N)(CC)c1ccccc1C#N. The highest BCUT2D eigenvalue weighted by molar-refractivity contribution is 7.33. The Morgan fingerprint density at radius 2 is 1.15 bits per heavy atom. The first-order valence-corrected chi connectivity index (χ1v) is 12.9. The van der Waals surface area contributed by atoms with E-state index in [1.54, 1.807) is 24.3 Å². The quantitative estimate of drug-likeness (QED) is 0.395. The van der Waals surface area contributed by atoms with Gasteiger partial charge in [-0.25, -0.2) is 0 Å². The molecule has 0 spiro atoms. The zero-order valence-electron chi connectivity index (χ0n) is 20.4. The summed E-state index contributed by atoms with van der Waals surface area (Å²) in [6, 6.07) is 18.6. The highest BCUT2D eigenvalue weighted by Gasteiger charge is 2.41. The lowest BCUT2D eigenvalue weighted by atomic mass is 9.80. The fraction of sp³-hybridized carbons (Fsp3) is 0.462. The second kappa shape index (κ2) is 12.3. The maximum absolute atomic E-state index is 13.2. The van der Waals surface area contributed by atoms with Crippen molar-refractivity contribution in [2.24, 2.45) is 11.5 Å². The van der Waals surface area contributed by atoms with Gasteiger partial charge in [0.15, 0.2) is 0 Å². The molecule has 0 bridgehead atoms. The van der Waals surface area contributed by atoms with Crippen LogP contribution in [0, 0.1) is 22.7 Å². The van der Waals surface area contributed by atoms with Crippen LogP contribution in [0.3, 0.4) is 0 Å². The molecule has 8 heteroatoms. The molecule has 2 aromatic carbocycles. The molecule has 0 fully saturated rings. The third kappa shape index (κ3) is 5.58. The Hall–Kier alpha value is -2.51. The van der Waals surface area contributed by atoms with Gasteiger partial charge in [-0.2, -0.15) is 10.5 Å². The summed E-state index contributed by atoms with van der Waals surface area (Å²) < 4.78 is 25.1. The molecule has 0 aliphatic rings. The summed E-state index contributed by atoms with van der Waals surface area (Å²) >= 11 is 0. The van der Waals surface area contributed by atoms with Crippen LogP contribution in [-0.4, -0.2) is 12.2 Å². The zero-order chi connectivity index (χ0) is 25.4. The van der Waals surface area contributed by atoms with Crippen LogP contribution in [0.4, 0.5) is 0 Å². The van der Waals surface area contributed by atoms with E-state index in [1.165, 1.54) is 0 Å². The van der Waals surface area contributed by atoms with Gasteiger partial charge in [-0.1, -0.05) is 64.1 Å². The molecule has 4 atom stereocenters. The Labute approximate surface area is 203 Å². The Morgan fingerprint density at radius 1 is 0.794 bits per heavy atom. The summed E-state index contributed by atoms with van der Waals surface area (Å²) in [6.45, 7) is 7.61. The highest BCUT2D eigenvalue weighted by Crippen LogP contribution is 2.42. The molecule has 0 aromatic heterocycles. The molecule has 0 aliphatic carbocycles. The molecule has 0 radical (unpaired) electrons. The van der Waals surface area contributed by atoms with Crippen molar-refractivity contribution >= 4 is 8.25 Å². The average molecular weight is 483 g/mol. The van der Waals surface area contributed by atoms with E-state index in [9.17, 15) is 15.1 Å². The molecule has 0 amide bonds. The van der Waals surface area contributed by atoms with E-state index in [1.807, 2.05) is 52.0 Å². The summed E-state index contributed by atoms with van der Waals surface area (Å²) in [5.74, 6) is 0. The Balaban J connectivity index is 2.33. The third-order valence-electron chi connectivity index (χ3n) is 6.64. The smallest absolute Gasteiger partial charge is 0.319 e. The molecule has 2 aromatic rings. The minimum absolute atomic E-state index is 0.459. The van der Waals surface area contributed by atoms with Crippen LogP contribution in [0.2, 0.25) is 0 Å². The number of hydrogen-bond donors (Lipinski definition) is 2. The third-order valence-corrected chi connectivity index (χ3v) is 7.59. The zero-order valence-corrected chi connectivity index (χ0v) is 21.4. The second-order valence-corrected chi connectivity index (χ2v) is 9.35. The number of rotatable bonds is 12. The minimum Gasteiger partial charge on any atom is -0.319 e. The van der Waals surface area contributed by atoms with E-state index in [2.05, 4.69) is 12.1 Å². The lowest BCUT2D eigenvalue weighted by Crippen LogP contribution is -2.49. The van der Waals surface area contributed by atoms with E-state index >= 15 is 0 Å². The van der Waals surface area contributed by atoms with Crippen LogP contribution in [0.5, 0.6) is 0 Å². The first kappa shape index (κ1) is 27.7. The van der Waals surface area contributed by atoms with E-state index < -0.39 is 31.5 Å². The topological polar surface area (TPSA) is 135 Å². The van der Waals surface area contributed by atoms with Gasteiger partial charge in [-0.05, 0) is 48.9 Å². The summed E-state index contributed by atoms with van der Waals surface area (Å²) in [5.41, 5.74) is 13.7. The van der Waals surface area contributed by atoms with Crippen molar-refractivity contribution in [2.45, 2.75) is 76.7 Å². The average Bonchev–Trinajstić information content (AvgIpc) is 2.89. The lowest BCUT2D eigenvalue weighted by Gasteiger charge is -2.39. The molecule has 0 saturated carbocycles. The van der Waals surface area contributed by atoms with E-state index in [4.69, 9.17) is 20.5 Å². The van der Waals surface area contributed by atoms with Crippen molar-refractivity contribution < 1.29 is 13.6 Å². The van der Waals surface area contributed by atoms with E-state index in [-0.39, 0.29) is 0 Å². The van der Waals surface area contributed by atoms with E-state index in [0.717, 1.165) is 0 Å². The molecule has 34 heavy (non-hydrogen) atoms. The van der Waals surface area contributed by atoms with Crippen LogP contribution < -0.4 is 11.5 Å². The number of nitriles is 2. The maximum atomic E-state index is 13.2. The molecule has 4 unspecified atom stereocenters. The van der Waals surface area contributed by atoms with Gasteiger partial charge >= 0.3 is 8.25 Å². The van der Waals surface area contributed by atoms with Gasteiger partial charge in [0, 0.05) is 0 Å². The molecule has 7 nitrogen and oxygen atoms in total. The van der Waals surface area contributed by atoms with Crippen molar-refractivity contribution in [3.05, 3.63) is 70.8 Å². The van der Waals surface area contributed by atoms with Crippen molar-refractivity contribution in [1.29, 1.82) is 10.5 Å². The monoisotopic (exact) mass is 482 g/mol. The summed E-state index contributed by atoms with van der Waals surface area (Å²) in [7, 11) is -3.02. The number of hydrogen-bond acceptors (Lipinski definition) is 7. The Bertz CT molecular complexity index is 997. The van der Waals surface area contributed by atoms with Crippen molar-refractivity contribution in [3.63, 3.8) is 0 Å². The normalized spacial score (nSPS) is 17.4. The fourth-order valence-corrected chi connectivity index (χ4v) is 5.80. The van der Waals surface area contributed by atoms with Crippen molar-refractivity contribution in [2.75, 3.05) is 0 Å². The van der Waals surface area contributed by atoms with Gasteiger partial charge in [-0.15, -0.1) is 0 Å². The van der Waals surface area contributed by atoms with Gasteiger partial charge in [0.05, 0.1) is 46.6 Å². The first-order chi connectivity index (χ1) is 16.2. The highest BCUT2D eigenvalue weighted by atomic mass is 31.1. The van der Waals surface area contributed by atoms with Crippen LogP contribution in [-0.2, 0) is 24.7 Å². The van der Waals surface area contributed by atoms with Gasteiger partial charge < -0.3 is 20.5 Å². The summed E-state index contributed by atoms with van der Waals surface area (Å²) in [4.78, 5) is 0. The Morgan fingerprint density at radius 3 is 1.44 bits per heavy atom. The summed E-state index contributed by atoms with van der Waals surface area (Å²) in [5, 5.41) is 19.1. The van der Waals surface area contributed by atoms with Crippen LogP contribution in [0.1, 0.15) is 75.6 Å². The largest absolute Gasteiger partial charge is 0.319 e. The van der Waals surface area contributed by atoms with Crippen LogP contribution >= 0.6 is 8.25 Å².